The molecular weight excluding hydrogens is 272 g/mol. The van der Waals surface area contributed by atoms with Crippen LogP contribution in [0, 0.1) is 5.92 Å². The first-order chi connectivity index (χ1) is 10.1. The van der Waals surface area contributed by atoms with Gasteiger partial charge in [0.1, 0.15) is 18.6 Å². The lowest BCUT2D eigenvalue weighted by Gasteiger charge is -2.32. The first-order valence-electron chi connectivity index (χ1n) is 6.97. The van der Waals surface area contributed by atoms with E-state index in [2.05, 4.69) is 9.97 Å². The molecule has 2 amide bonds. The highest BCUT2D eigenvalue weighted by molar-refractivity contribution is 5.90. The number of hydrogen-bond acceptors (Lipinski definition) is 5. The van der Waals surface area contributed by atoms with Gasteiger partial charge in [0.15, 0.2) is 0 Å². The van der Waals surface area contributed by atoms with E-state index in [-0.39, 0.29) is 18.2 Å². The van der Waals surface area contributed by atoms with E-state index in [1.54, 1.807) is 6.07 Å². The predicted octanol–water partition coefficient (Wildman–Crippen LogP) is 0.00300. The number of nitrogens with zero attached hydrogens (tertiary/aromatic N) is 3. The normalized spacial score (nSPS) is 18.5. The average Bonchev–Trinajstić information content (AvgIpc) is 2.48. The minimum atomic E-state index is -0.556. The second-order valence-electron chi connectivity index (χ2n) is 5.24. The molecule has 7 nitrogen and oxygen atoms in total. The molecule has 21 heavy (non-hydrogen) atoms. The van der Waals surface area contributed by atoms with Crippen LogP contribution < -0.4 is 5.73 Å². The van der Waals surface area contributed by atoms with Crippen molar-refractivity contribution >= 4 is 11.8 Å². The number of amides is 2. The predicted molar refractivity (Wildman–Crippen MR) is 75.4 cm³/mol. The molecule has 0 aromatic carbocycles. The van der Waals surface area contributed by atoms with Gasteiger partial charge in [-0.25, -0.2) is 9.97 Å². The molecule has 2 rings (SSSR count). The molecule has 1 aliphatic rings. The minimum Gasteiger partial charge on any atom is -0.375 e. The fourth-order valence-electron chi connectivity index (χ4n) is 2.61. The van der Waals surface area contributed by atoms with Crippen LogP contribution >= 0.6 is 0 Å². The Bertz CT molecular complexity index is 521. The van der Waals surface area contributed by atoms with E-state index >= 15 is 0 Å². The number of likely N-dealkylation sites (tertiary alicyclic amines) is 1. The van der Waals surface area contributed by atoms with Crippen molar-refractivity contribution in [2.24, 2.45) is 11.7 Å². The Hall–Kier alpha value is -2.02. The fraction of sp³-hybridized carbons (Fsp3) is 0.571. The molecule has 0 radical (unpaired) electrons. The van der Waals surface area contributed by atoms with Crippen LogP contribution in [-0.4, -0.2) is 53.5 Å². The largest absolute Gasteiger partial charge is 0.375 e. The number of carbonyl (C=O) groups is 2. The summed E-state index contributed by atoms with van der Waals surface area (Å²) in [5, 5.41) is 0. The van der Waals surface area contributed by atoms with Crippen LogP contribution in [-0.2, 0) is 16.0 Å². The number of piperidine rings is 1. The maximum absolute atomic E-state index is 11.9. The lowest BCUT2D eigenvalue weighted by atomic mass is 9.93. The Kier molecular flexibility index (Phi) is 5.21. The van der Waals surface area contributed by atoms with Crippen LogP contribution in [0.4, 0.5) is 0 Å². The maximum Gasteiger partial charge on any atom is 0.267 e. The summed E-state index contributed by atoms with van der Waals surface area (Å²) in [5.41, 5.74) is 6.22. The van der Waals surface area contributed by atoms with Crippen LogP contribution in [0.15, 0.2) is 12.4 Å². The van der Waals surface area contributed by atoms with Crippen molar-refractivity contribution < 1.29 is 14.3 Å². The van der Waals surface area contributed by atoms with Gasteiger partial charge in [-0.2, -0.15) is 0 Å². The van der Waals surface area contributed by atoms with Crippen LogP contribution in [0.3, 0.4) is 0 Å². The van der Waals surface area contributed by atoms with E-state index in [9.17, 15) is 9.59 Å². The molecule has 1 saturated heterocycles. The smallest absolute Gasteiger partial charge is 0.267 e. The first kappa shape index (κ1) is 15.4. The summed E-state index contributed by atoms with van der Waals surface area (Å²) in [4.78, 5) is 32.8. The number of methoxy groups -OCH3 is 1. The SMILES string of the molecule is COCC(=O)N1CCCC(Cc2cc(C(N)=O)ncn2)C1. The van der Waals surface area contributed by atoms with E-state index in [0.717, 1.165) is 25.1 Å². The molecule has 0 saturated carbocycles. The monoisotopic (exact) mass is 292 g/mol. The highest BCUT2D eigenvalue weighted by atomic mass is 16.5. The average molecular weight is 292 g/mol. The molecule has 7 heteroatoms. The zero-order valence-electron chi connectivity index (χ0n) is 12.1. The Morgan fingerprint density at radius 3 is 3.00 bits per heavy atom. The number of ether oxygens (including phenoxy) is 1. The van der Waals surface area contributed by atoms with Gasteiger partial charge in [-0.05, 0) is 31.2 Å². The Labute approximate surface area is 123 Å². The second-order valence-corrected chi connectivity index (χ2v) is 5.24. The van der Waals surface area contributed by atoms with Crippen LogP contribution in [0.1, 0.15) is 29.0 Å². The van der Waals surface area contributed by atoms with E-state index in [0.29, 0.717) is 18.9 Å². The Balaban J connectivity index is 1.97. The molecule has 2 N–H and O–H groups in total. The van der Waals surface area contributed by atoms with Crippen molar-refractivity contribution in [2.75, 3.05) is 26.8 Å². The van der Waals surface area contributed by atoms with Crippen molar-refractivity contribution in [1.82, 2.24) is 14.9 Å². The number of aromatic nitrogens is 2. The number of carbonyl (C=O) groups excluding carboxylic acids is 2. The summed E-state index contributed by atoms with van der Waals surface area (Å²) in [6.07, 6.45) is 4.06. The topological polar surface area (TPSA) is 98.4 Å². The third-order valence-corrected chi connectivity index (χ3v) is 3.61. The lowest BCUT2D eigenvalue weighted by Crippen LogP contribution is -2.42. The molecule has 1 unspecified atom stereocenters. The van der Waals surface area contributed by atoms with Gasteiger partial charge in [-0.3, -0.25) is 9.59 Å². The molecule has 1 aromatic rings. The van der Waals surface area contributed by atoms with Crippen molar-refractivity contribution in [3.05, 3.63) is 23.8 Å². The summed E-state index contributed by atoms with van der Waals surface area (Å²) in [7, 11) is 1.52. The van der Waals surface area contributed by atoms with E-state index in [1.807, 2.05) is 4.90 Å². The van der Waals surface area contributed by atoms with Crippen molar-refractivity contribution in [3.8, 4) is 0 Å². The minimum absolute atomic E-state index is 0.0164. The molecule has 0 aliphatic carbocycles. The first-order valence-corrected chi connectivity index (χ1v) is 6.97. The van der Waals surface area contributed by atoms with E-state index < -0.39 is 5.91 Å². The van der Waals surface area contributed by atoms with Gasteiger partial charge >= 0.3 is 0 Å². The van der Waals surface area contributed by atoms with Crippen LogP contribution in [0.5, 0.6) is 0 Å². The molecule has 1 fully saturated rings. The molecule has 1 aromatic heterocycles. The van der Waals surface area contributed by atoms with Gasteiger partial charge in [-0.15, -0.1) is 0 Å². The summed E-state index contributed by atoms with van der Waals surface area (Å²) >= 11 is 0. The molecule has 1 aliphatic heterocycles. The van der Waals surface area contributed by atoms with Gasteiger partial charge in [0.2, 0.25) is 5.91 Å². The Morgan fingerprint density at radius 2 is 2.29 bits per heavy atom. The number of rotatable bonds is 5. The quantitative estimate of drug-likeness (QED) is 0.824. The third kappa shape index (κ3) is 4.22. The van der Waals surface area contributed by atoms with Gasteiger partial charge in [0.25, 0.3) is 5.91 Å². The van der Waals surface area contributed by atoms with Crippen LogP contribution in [0.2, 0.25) is 0 Å². The molecule has 0 spiro atoms. The number of primary amides is 1. The standard InChI is InChI=1S/C14H20N4O3/c1-21-8-13(19)18-4-2-3-10(7-18)5-11-6-12(14(15)20)17-9-16-11/h6,9-10H,2-5,7-8H2,1H3,(H2,15,20). The third-order valence-electron chi connectivity index (χ3n) is 3.61. The molecule has 114 valence electrons. The van der Waals surface area contributed by atoms with Gasteiger partial charge in [0.05, 0.1) is 0 Å². The van der Waals surface area contributed by atoms with E-state index in [1.165, 1.54) is 13.4 Å². The molecule has 2 heterocycles. The summed E-state index contributed by atoms with van der Waals surface area (Å²) in [6, 6.07) is 1.62. The summed E-state index contributed by atoms with van der Waals surface area (Å²) in [5.74, 6) is -0.211. The maximum atomic E-state index is 11.9. The number of nitrogens with two attached hydrogens (primary N) is 1. The highest BCUT2D eigenvalue weighted by Gasteiger charge is 2.24. The van der Waals surface area contributed by atoms with Gasteiger partial charge in [-0.1, -0.05) is 0 Å². The zero-order chi connectivity index (χ0) is 15.2. The van der Waals surface area contributed by atoms with Crippen molar-refractivity contribution in [2.45, 2.75) is 19.3 Å². The fourth-order valence-corrected chi connectivity index (χ4v) is 2.61. The van der Waals surface area contributed by atoms with Crippen molar-refractivity contribution in [3.63, 3.8) is 0 Å². The van der Waals surface area contributed by atoms with Crippen LogP contribution in [0.25, 0.3) is 0 Å². The van der Waals surface area contributed by atoms with Crippen molar-refractivity contribution in [1.29, 1.82) is 0 Å². The molecule has 0 bridgehead atoms. The lowest BCUT2D eigenvalue weighted by molar-refractivity contribution is -0.136. The highest BCUT2D eigenvalue weighted by Crippen LogP contribution is 2.20. The number of hydrogen-bond donors (Lipinski definition) is 1. The van der Waals surface area contributed by atoms with Gasteiger partial charge in [0, 0.05) is 25.9 Å². The second kappa shape index (κ2) is 7.12. The zero-order valence-corrected chi connectivity index (χ0v) is 12.1. The Morgan fingerprint density at radius 1 is 1.48 bits per heavy atom. The van der Waals surface area contributed by atoms with Gasteiger partial charge < -0.3 is 15.4 Å². The summed E-state index contributed by atoms with van der Waals surface area (Å²) in [6.45, 7) is 1.58. The summed E-state index contributed by atoms with van der Waals surface area (Å²) < 4.78 is 4.89. The molecular formula is C14H20N4O3. The van der Waals surface area contributed by atoms with E-state index in [4.69, 9.17) is 10.5 Å². The molecule has 1 atom stereocenters.